The van der Waals surface area contributed by atoms with Gasteiger partial charge in [0.05, 0.1) is 18.7 Å². The molecule has 2 aliphatic heterocycles. The van der Waals surface area contributed by atoms with Gasteiger partial charge in [0.25, 0.3) is 0 Å². The van der Waals surface area contributed by atoms with Crippen molar-refractivity contribution in [3.8, 4) is 22.9 Å². The van der Waals surface area contributed by atoms with Crippen LogP contribution in [-0.4, -0.2) is 88.5 Å². The van der Waals surface area contributed by atoms with Gasteiger partial charge in [0.2, 0.25) is 0 Å². The van der Waals surface area contributed by atoms with Gasteiger partial charge in [-0.25, -0.2) is 9.18 Å². The number of aromatic hydroxyl groups is 1. The number of piperazine rings is 1. The molecule has 9 nitrogen and oxygen atoms in total. The third kappa shape index (κ3) is 5.57. The van der Waals surface area contributed by atoms with Gasteiger partial charge in [0, 0.05) is 36.0 Å². The maximum atomic E-state index is 16.8. The quantitative estimate of drug-likeness (QED) is 0.256. The Morgan fingerprint density at radius 1 is 0.978 bits per heavy atom. The zero-order valence-electron chi connectivity index (χ0n) is 27.2. The molecule has 7 rings (SSSR count). The molecule has 2 bridgehead atoms. The van der Waals surface area contributed by atoms with Crippen LogP contribution in [0.1, 0.15) is 46.5 Å². The first kappa shape index (κ1) is 30.5. The van der Waals surface area contributed by atoms with Crippen molar-refractivity contribution in [3.05, 3.63) is 54.3 Å². The number of phenolic OH excluding ortho intramolecular Hbond substituents is 1. The van der Waals surface area contributed by atoms with Gasteiger partial charge in [-0.05, 0) is 95.1 Å². The Balaban J connectivity index is 1.28. The summed E-state index contributed by atoms with van der Waals surface area (Å²) in [5.74, 6) is 0.521. The second-order valence-corrected chi connectivity index (χ2v) is 14.2. The predicted molar refractivity (Wildman–Crippen MR) is 177 cm³/mol. The summed E-state index contributed by atoms with van der Waals surface area (Å²) < 4.78 is 28.7. The maximum Gasteiger partial charge on any atom is 0.410 e. The van der Waals surface area contributed by atoms with Crippen LogP contribution in [0.15, 0.2) is 48.5 Å². The van der Waals surface area contributed by atoms with E-state index in [2.05, 4.69) is 28.9 Å². The molecule has 2 saturated heterocycles. The van der Waals surface area contributed by atoms with Crippen molar-refractivity contribution in [1.82, 2.24) is 19.8 Å². The molecule has 46 heavy (non-hydrogen) atoms. The van der Waals surface area contributed by atoms with Gasteiger partial charge in [-0.15, -0.1) is 0 Å². The number of hydrogen-bond acceptors (Lipinski definition) is 8. The van der Waals surface area contributed by atoms with Gasteiger partial charge >= 0.3 is 12.1 Å². The number of hydrogen-bond donors (Lipinski definition) is 1. The fraction of sp³-hybridized carbons (Fsp3) is 0.472. The van der Waals surface area contributed by atoms with Crippen LogP contribution in [0.4, 0.5) is 15.0 Å². The van der Waals surface area contributed by atoms with Crippen molar-refractivity contribution in [3.63, 3.8) is 0 Å². The summed E-state index contributed by atoms with van der Waals surface area (Å²) in [7, 11) is 4.16. The SMILES string of the molecule is CN(C)[C@H]1CC[C@H]1COc1nc(N2CC3CCC(C2)N3C(=O)OC(C)(C)C)c2ccc(-c3cc(O)cc4ccccc34)c(F)c2n1. The lowest BCUT2D eigenvalue weighted by atomic mass is 9.79. The minimum absolute atomic E-state index is 0.0402. The van der Waals surface area contributed by atoms with Crippen molar-refractivity contribution in [2.24, 2.45) is 5.92 Å². The van der Waals surface area contributed by atoms with E-state index in [9.17, 15) is 9.90 Å². The van der Waals surface area contributed by atoms with E-state index in [0.717, 1.165) is 36.5 Å². The second-order valence-electron chi connectivity index (χ2n) is 14.2. The van der Waals surface area contributed by atoms with Gasteiger partial charge < -0.3 is 24.4 Å². The number of fused-ring (bicyclic) bond motifs is 4. The molecule has 3 fully saturated rings. The average Bonchev–Trinajstić information content (AvgIpc) is 3.24. The standard InChI is InChI=1S/C36H42FN5O4/c1-36(2,3)46-35(44)42-23-11-12-24(42)19-41(18-23)33-28-14-13-27(29-17-25(43)16-21-8-6-7-9-26(21)29)31(37)32(28)38-34(39-33)45-20-22-10-15-30(22)40(4)5/h6-9,13-14,16-17,22-24,30,43H,10-12,15,18-20H2,1-5H3/t22-,23?,24?,30-/m0/s1. The van der Waals surface area contributed by atoms with Crippen molar-refractivity contribution >= 4 is 33.6 Å². The van der Waals surface area contributed by atoms with Crippen LogP contribution in [-0.2, 0) is 4.74 Å². The fourth-order valence-electron chi connectivity index (χ4n) is 7.45. The molecule has 0 radical (unpaired) electrons. The summed E-state index contributed by atoms with van der Waals surface area (Å²) in [6.45, 7) is 7.18. The summed E-state index contributed by atoms with van der Waals surface area (Å²) >= 11 is 0. The van der Waals surface area contributed by atoms with Crippen LogP contribution in [0.2, 0.25) is 0 Å². The highest BCUT2D eigenvalue weighted by molar-refractivity contribution is 6.01. The zero-order chi connectivity index (χ0) is 32.3. The minimum atomic E-state index is -0.578. The molecule has 1 amide bonds. The van der Waals surface area contributed by atoms with Crippen molar-refractivity contribution < 1.29 is 23.8 Å². The second kappa shape index (κ2) is 11.6. The summed E-state index contributed by atoms with van der Waals surface area (Å²) in [6, 6.07) is 15.0. The summed E-state index contributed by atoms with van der Waals surface area (Å²) in [6.07, 6.45) is 3.61. The molecule has 4 aromatic rings. The average molecular weight is 628 g/mol. The van der Waals surface area contributed by atoms with E-state index < -0.39 is 11.4 Å². The molecule has 3 aliphatic rings. The molecule has 0 spiro atoms. The van der Waals surface area contributed by atoms with Crippen molar-refractivity contribution in [2.45, 2.75) is 70.2 Å². The monoisotopic (exact) mass is 627 g/mol. The van der Waals surface area contributed by atoms with Crippen LogP contribution >= 0.6 is 0 Å². The molecule has 3 aromatic carbocycles. The van der Waals surface area contributed by atoms with E-state index >= 15 is 4.39 Å². The third-order valence-electron chi connectivity index (χ3n) is 9.76. The Bertz CT molecular complexity index is 1790. The van der Waals surface area contributed by atoms with Crippen LogP contribution in [0, 0.1) is 11.7 Å². The van der Waals surface area contributed by atoms with E-state index in [1.807, 2.05) is 56.0 Å². The third-order valence-corrected chi connectivity index (χ3v) is 9.76. The molecular formula is C36H42FN5O4. The number of ether oxygens (including phenoxy) is 2. The van der Waals surface area contributed by atoms with E-state index in [0.29, 0.717) is 54.0 Å². The molecule has 1 aromatic heterocycles. The molecule has 3 heterocycles. The molecule has 242 valence electrons. The topological polar surface area (TPSA) is 91.3 Å². The number of carbonyl (C=O) groups excluding carboxylic acids is 1. The Hall–Kier alpha value is -4.18. The van der Waals surface area contributed by atoms with E-state index in [1.54, 1.807) is 18.2 Å². The highest BCUT2D eigenvalue weighted by Gasteiger charge is 2.45. The Morgan fingerprint density at radius 2 is 1.72 bits per heavy atom. The summed E-state index contributed by atoms with van der Waals surface area (Å²) in [5, 5.41) is 12.7. The molecule has 10 heteroatoms. The van der Waals surface area contributed by atoms with Crippen molar-refractivity contribution in [1.29, 1.82) is 0 Å². The van der Waals surface area contributed by atoms with Crippen LogP contribution < -0.4 is 9.64 Å². The largest absolute Gasteiger partial charge is 0.508 e. The van der Waals surface area contributed by atoms with Gasteiger partial charge in [-0.1, -0.05) is 30.3 Å². The molecule has 2 unspecified atom stereocenters. The first-order chi connectivity index (χ1) is 22.0. The lowest BCUT2D eigenvalue weighted by molar-refractivity contribution is 0.0122. The highest BCUT2D eigenvalue weighted by Crippen LogP contribution is 2.40. The number of halogens is 1. The number of amides is 1. The molecule has 4 atom stereocenters. The molecular weight excluding hydrogens is 585 g/mol. The first-order valence-corrected chi connectivity index (χ1v) is 16.2. The zero-order valence-corrected chi connectivity index (χ0v) is 27.2. The van der Waals surface area contributed by atoms with Gasteiger partial charge in [-0.2, -0.15) is 9.97 Å². The lowest BCUT2D eigenvalue weighted by Gasteiger charge is -2.42. The van der Waals surface area contributed by atoms with Crippen LogP contribution in [0.25, 0.3) is 32.8 Å². The lowest BCUT2D eigenvalue weighted by Crippen LogP contribution is -2.57. The highest BCUT2D eigenvalue weighted by atomic mass is 19.1. The first-order valence-electron chi connectivity index (χ1n) is 16.2. The van der Waals surface area contributed by atoms with Gasteiger partial charge in [0.1, 0.15) is 22.7 Å². The van der Waals surface area contributed by atoms with E-state index in [1.165, 1.54) is 0 Å². The number of aromatic nitrogens is 2. The van der Waals surface area contributed by atoms with Gasteiger partial charge in [0.15, 0.2) is 5.82 Å². The van der Waals surface area contributed by atoms with Crippen LogP contribution in [0.3, 0.4) is 0 Å². The molecule has 1 aliphatic carbocycles. The fourth-order valence-corrected chi connectivity index (χ4v) is 7.45. The number of phenols is 1. The van der Waals surface area contributed by atoms with E-state index in [4.69, 9.17) is 14.5 Å². The predicted octanol–water partition coefficient (Wildman–Crippen LogP) is 6.60. The number of nitrogens with zero attached hydrogens (tertiary/aromatic N) is 5. The van der Waals surface area contributed by atoms with Crippen LogP contribution in [0.5, 0.6) is 11.8 Å². The smallest absolute Gasteiger partial charge is 0.410 e. The van der Waals surface area contributed by atoms with Crippen molar-refractivity contribution in [2.75, 3.05) is 38.7 Å². The normalized spacial score (nSPS) is 22.8. The minimum Gasteiger partial charge on any atom is -0.508 e. The van der Waals surface area contributed by atoms with Gasteiger partial charge in [-0.3, -0.25) is 4.90 Å². The number of anilines is 1. The Kier molecular flexibility index (Phi) is 7.66. The maximum absolute atomic E-state index is 16.8. The Morgan fingerprint density at radius 3 is 2.39 bits per heavy atom. The Labute approximate surface area is 268 Å². The van der Waals surface area contributed by atoms with E-state index in [-0.39, 0.29) is 35.5 Å². The summed E-state index contributed by atoms with van der Waals surface area (Å²) in [4.78, 5) is 28.9. The number of rotatable bonds is 6. The number of benzene rings is 3. The number of carbonyl (C=O) groups is 1. The molecule has 1 saturated carbocycles. The molecule has 1 N–H and O–H groups in total. The summed E-state index contributed by atoms with van der Waals surface area (Å²) in [5.41, 5.74) is 0.525.